The summed E-state index contributed by atoms with van der Waals surface area (Å²) in [6, 6.07) is 8.89. The van der Waals surface area contributed by atoms with E-state index in [-0.39, 0.29) is 6.04 Å². The number of rotatable bonds is 3. The van der Waals surface area contributed by atoms with Crippen molar-refractivity contribution in [3.63, 3.8) is 0 Å². The van der Waals surface area contributed by atoms with Crippen molar-refractivity contribution in [1.29, 1.82) is 0 Å². The van der Waals surface area contributed by atoms with E-state index in [1.165, 1.54) is 25.9 Å². The van der Waals surface area contributed by atoms with Crippen LogP contribution < -0.4 is 5.32 Å². The molecule has 1 N–H and O–H groups in total. The van der Waals surface area contributed by atoms with Crippen molar-refractivity contribution in [2.24, 2.45) is 0 Å². The van der Waals surface area contributed by atoms with Crippen molar-refractivity contribution in [1.82, 2.24) is 4.98 Å². The molecule has 0 aliphatic rings. The molecule has 20 heavy (non-hydrogen) atoms. The number of nitrogens with zero attached hydrogens (tertiary/aromatic N) is 1. The fourth-order valence-electron chi connectivity index (χ4n) is 2.78. The molecule has 1 aromatic carbocycles. The highest BCUT2D eigenvalue weighted by Crippen LogP contribution is 2.27. The summed E-state index contributed by atoms with van der Waals surface area (Å²) in [5.41, 5.74) is 7.27. The minimum Gasteiger partial charge on any atom is -0.378 e. The average Bonchev–Trinajstić information content (AvgIpc) is 2.31. The Morgan fingerprint density at radius 2 is 1.75 bits per heavy atom. The molecule has 0 bridgehead atoms. The van der Waals surface area contributed by atoms with Gasteiger partial charge in [-0.15, -0.1) is 0 Å². The number of anilines is 1. The lowest BCUT2D eigenvalue weighted by atomic mass is 10.00. The predicted octanol–water partition coefficient (Wildman–Crippen LogP) is 5.09. The number of hydrogen-bond donors (Lipinski definition) is 1. The number of benzene rings is 1. The van der Waals surface area contributed by atoms with Crippen LogP contribution in [0.25, 0.3) is 0 Å². The van der Waals surface area contributed by atoms with Gasteiger partial charge < -0.3 is 5.32 Å². The highest BCUT2D eigenvalue weighted by atomic mass is 127. The summed E-state index contributed by atoms with van der Waals surface area (Å²) in [4.78, 5) is 4.59. The van der Waals surface area contributed by atoms with Crippen LogP contribution in [0, 0.1) is 31.3 Å². The zero-order chi connectivity index (χ0) is 14.9. The van der Waals surface area contributed by atoms with Crippen LogP contribution in [0.15, 0.2) is 24.3 Å². The smallest absolute Gasteiger partial charge is 0.0506 e. The summed E-state index contributed by atoms with van der Waals surface area (Å²) < 4.78 is 1.27. The number of aryl methyl sites for hydroxylation is 4. The van der Waals surface area contributed by atoms with Gasteiger partial charge in [0, 0.05) is 20.6 Å². The van der Waals surface area contributed by atoms with E-state index in [1.54, 1.807) is 0 Å². The third kappa shape index (κ3) is 3.32. The first-order chi connectivity index (χ1) is 9.38. The zero-order valence-electron chi connectivity index (χ0n) is 12.7. The quantitative estimate of drug-likeness (QED) is 0.750. The van der Waals surface area contributed by atoms with E-state index in [4.69, 9.17) is 0 Å². The minimum atomic E-state index is 0.252. The lowest BCUT2D eigenvalue weighted by molar-refractivity contribution is 0.841. The van der Waals surface area contributed by atoms with Gasteiger partial charge in [0.1, 0.15) is 0 Å². The molecule has 1 atom stereocenters. The minimum absolute atomic E-state index is 0.252. The van der Waals surface area contributed by atoms with Crippen molar-refractivity contribution in [2.45, 2.75) is 40.7 Å². The standard InChI is InChI=1S/C17H21IN2/c1-10-9-15(18)6-7-16(10)20-14(5)17-11(2)8-12(3)19-13(17)4/h6-9,14,20H,1-5H3. The van der Waals surface area contributed by atoms with Crippen LogP contribution in [0.3, 0.4) is 0 Å². The third-order valence-electron chi connectivity index (χ3n) is 3.58. The van der Waals surface area contributed by atoms with Gasteiger partial charge in [0.2, 0.25) is 0 Å². The second-order valence-corrected chi connectivity index (χ2v) is 6.65. The Morgan fingerprint density at radius 1 is 1.05 bits per heavy atom. The van der Waals surface area contributed by atoms with Crippen molar-refractivity contribution in [3.05, 3.63) is 55.9 Å². The SMILES string of the molecule is Cc1cc(C)c(C(C)Nc2ccc(I)cc2C)c(C)n1. The Bertz CT molecular complexity index is 612. The zero-order valence-corrected chi connectivity index (χ0v) is 14.9. The molecule has 1 unspecified atom stereocenters. The number of aromatic nitrogens is 1. The fraction of sp³-hybridized carbons (Fsp3) is 0.353. The van der Waals surface area contributed by atoms with Crippen molar-refractivity contribution in [3.8, 4) is 0 Å². The molecule has 2 nitrogen and oxygen atoms in total. The molecular weight excluding hydrogens is 359 g/mol. The largest absolute Gasteiger partial charge is 0.378 e. The van der Waals surface area contributed by atoms with Crippen molar-refractivity contribution < 1.29 is 0 Å². The first kappa shape index (κ1) is 15.3. The van der Waals surface area contributed by atoms with Gasteiger partial charge in [-0.3, -0.25) is 4.98 Å². The van der Waals surface area contributed by atoms with E-state index in [0.29, 0.717) is 0 Å². The van der Waals surface area contributed by atoms with Crippen LogP contribution in [0.1, 0.15) is 41.0 Å². The lowest BCUT2D eigenvalue weighted by Gasteiger charge is -2.21. The summed E-state index contributed by atoms with van der Waals surface area (Å²) in [6.07, 6.45) is 0. The van der Waals surface area contributed by atoms with Crippen molar-refractivity contribution in [2.75, 3.05) is 5.32 Å². The molecule has 0 spiro atoms. The van der Waals surface area contributed by atoms with E-state index < -0.39 is 0 Å². The number of pyridine rings is 1. The third-order valence-corrected chi connectivity index (χ3v) is 4.25. The molecule has 0 aliphatic carbocycles. The molecule has 3 heteroatoms. The summed E-state index contributed by atoms with van der Waals surface area (Å²) in [5, 5.41) is 3.61. The first-order valence-electron chi connectivity index (χ1n) is 6.86. The molecular formula is C17H21IN2. The molecule has 0 radical (unpaired) electrons. The summed E-state index contributed by atoms with van der Waals surface area (Å²) in [5.74, 6) is 0. The van der Waals surface area contributed by atoms with Gasteiger partial charge in [0.25, 0.3) is 0 Å². The Labute approximate surface area is 135 Å². The van der Waals surface area contributed by atoms with Crippen LogP contribution in [0.5, 0.6) is 0 Å². The van der Waals surface area contributed by atoms with E-state index in [0.717, 1.165) is 11.4 Å². The van der Waals surface area contributed by atoms with Gasteiger partial charge in [0.05, 0.1) is 6.04 Å². The van der Waals surface area contributed by atoms with Crippen molar-refractivity contribution >= 4 is 28.3 Å². The van der Waals surface area contributed by atoms with E-state index >= 15 is 0 Å². The predicted molar refractivity (Wildman–Crippen MR) is 94.4 cm³/mol. The second-order valence-electron chi connectivity index (χ2n) is 5.40. The molecule has 0 aliphatic heterocycles. The molecule has 0 saturated heterocycles. The molecule has 106 valence electrons. The molecule has 0 amide bonds. The van der Waals surface area contributed by atoms with Gasteiger partial charge in [-0.2, -0.15) is 0 Å². The van der Waals surface area contributed by atoms with E-state index in [2.05, 4.69) is 84.9 Å². The number of halogens is 1. The van der Waals surface area contributed by atoms with Gasteiger partial charge >= 0.3 is 0 Å². The maximum Gasteiger partial charge on any atom is 0.0506 e. The van der Waals surface area contributed by atoms with Gasteiger partial charge in [-0.25, -0.2) is 0 Å². The normalized spacial score (nSPS) is 12.3. The molecule has 1 aromatic heterocycles. The van der Waals surface area contributed by atoms with Crippen LogP contribution in [0.4, 0.5) is 5.69 Å². The van der Waals surface area contributed by atoms with Crippen LogP contribution in [-0.2, 0) is 0 Å². The van der Waals surface area contributed by atoms with Gasteiger partial charge in [0.15, 0.2) is 0 Å². The molecule has 2 aromatic rings. The molecule has 0 saturated carbocycles. The second kappa shape index (κ2) is 6.12. The Morgan fingerprint density at radius 3 is 2.35 bits per heavy atom. The van der Waals surface area contributed by atoms with E-state index in [9.17, 15) is 0 Å². The highest BCUT2D eigenvalue weighted by Gasteiger charge is 2.13. The lowest BCUT2D eigenvalue weighted by Crippen LogP contribution is -2.12. The fourth-order valence-corrected chi connectivity index (χ4v) is 3.43. The Balaban J connectivity index is 2.31. The average molecular weight is 380 g/mol. The topological polar surface area (TPSA) is 24.9 Å². The highest BCUT2D eigenvalue weighted by molar-refractivity contribution is 14.1. The summed E-state index contributed by atoms with van der Waals surface area (Å²) >= 11 is 2.34. The monoisotopic (exact) mass is 380 g/mol. The van der Waals surface area contributed by atoms with Crippen LogP contribution >= 0.6 is 22.6 Å². The Hall–Kier alpha value is -1.10. The Kier molecular flexibility index (Phi) is 4.68. The maximum absolute atomic E-state index is 4.59. The van der Waals surface area contributed by atoms with Gasteiger partial charge in [-0.05, 0) is 98.2 Å². The molecule has 2 rings (SSSR count). The van der Waals surface area contributed by atoms with Crippen LogP contribution in [0.2, 0.25) is 0 Å². The molecule has 1 heterocycles. The van der Waals surface area contributed by atoms with Crippen LogP contribution in [-0.4, -0.2) is 4.98 Å². The first-order valence-corrected chi connectivity index (χ1v) is 7.94. The molecule has 0 fully saturated rings. The number of hydrogen-bond acceptors (Lipinski definition) is 2. The van der Waals surface area contributed by atoms with E-state index in [1.807, 2.05) is 6.92 Å². The summed E-state index contributed by atoms with van der Waals surface area (Å²) in [6.45, 7) is 10.6. The maximum atomic E-state index is 4.59. The van der Waals surface area contributed by atoms with Gasteiger partial charge in [-0.1, -0.05) is 0 Å². The summed E-state index contributed by atoms with van der Waals surface area (Å²) in [7, 11) is 0. The number of nitrogens with one attached hydrogen (secondary N) is 1.